The number of aromatic nitrogens is 1. The Labute approximate surface area is 114 Å². The van der Waals surface area contributed by atoms with Gasteiger partial charge in [-0.05, 0) is 12.1 Å². The van der Waals surface area contributed by atoms with Crippen molar-refractivity contribution in [3.8, 4) is 0 Å². The Bertz CT molecular complexity index is 454. The lowest BCUT2D eigenvalue weighted by Crippen LogP contribution is -2.58. The average molecular weight is 291 g/mol. The van der Waals surface area contributed by atoms with E-state index in [1.807, 2.05) is 0 Å². The van der Waals surface area contributed by atoms with Gasteiger partial charge < -0.3 is 16.2 Å². The SMILES string of the molecule is Cl.N=C(N)C(S)(NC(=O)c1ccncc1)C(=O)O. The topological polar surface area (TPSA) is 129 Å². The number of carbonyl (C=O) groups excluding carboxylic acids is 1. The first-order valence-corrected chi connectivity index (χ1v) is 4.85. The Morgan fingerprint density at radius 2 is 1.94 bits per heavy atom. The molecule has 9 heteroatoms. The van der Waals surface area contributed by atoms with Gasteiger partial charge in [-0.2, -0.15) is 0 Å². The second-order valence-corrected chi connectivity index (χ2v) is 3.79. The first-order valence-electron chi connectivity index (χ1n) is 4.40. The number of halogens is 1. The van der Waals surface area contributed by atoms with Gasteiger partial charge >= 0.3 is 5.97 Å². The summed E-state index contributed by atoms with van der Waals surface area (Å²) in [5, 5.41) is 18.1. The van der Waals surface area contributed by atoms with Crippen molar-refractivity contribution in [2.75, 3.05) is 0 Å². The number of aliphatic carboxylic acids is 1. The number of amides is 1. The summed E-state index contributed by atoms with van der Waals surface area (Å²) in [6, 6.07) is 2.79. The number of amidine groups is 1. The van der Waals surface area contributed by atoms with Gasteiger partial charge in [-0.1, -0.05) is 0 Å². The van der Waals surface area contributed by atoms with Crippen LogP contribution in [-0.2, 0) is 4.79 Å². The largest absolute Gasteiger partial charge is 0.479 e. The van der Waals surface area contributed by atoms with Gasteiger partial charge in [-0.25, -0.2) is 4.79 Å². The fourth-order valence-electron chi connectivity index (χ4n) is 0.976. The normalized spacial score (nSPS) is 12.7. The molecule has 1 atom stereocenters. The lowest BCUT2D eigenvalue weighted by atomic mass is 10.2. The van der Waals surface area contributed by atoms with E-state index in [1.54, 1.807) is 0 Å². The second kappa shape index (κ2) is 6.22. The fourth-order valence-corrected chi connectivity index (χ4v) is 1.08. The Balaban J connectivity index is 0.00000289. The van der Waals surface area contributed by atoms with Crippen molar-refractivity contribution in [3.63, 3.8) is 0 Å². The Hall–Kier alpha value is -1.80. The summed E-state index contributed by atoms with van der Waals surface area (Å²) in [7, 11) is 0. The Morgan fingerprint density at radius 1 is 1.44 bits per heavy atom. The summed E-state index contributed by atoms with van der Waals surface area (Å²) in [5.74, 6) is -3.02. The predicted molar refractivity (Wildman–Crippen MR) is 70.2 cm³/mol. The molecular formula is C9H11ClN4O3S. The van der Waals surface area contributed by atoms with E-state index in [1.165, 1.54) is 24.5 Å². The van der Waals surface area contributed by atoms with Gasteiger partial charge in [0.25, 0.3) is 5.91 Å². The van der Waals surface area contributed by atoms with E-state index in [9.17, 15) is 9.59 Å². The summed E-state index contributed by atoms with van der Waals surface area (Å²) < 4.78 is 0. The molecule has 1 aromatic heterocycles. The first kappa shape index (κ1) is 16.2. The molecule has 0 aliphatic carbocycles. The minimum Gasteiger partial charge on any atom is -0.479 e. The molecule has 0 fully saturated rings. The molecule has 7 nitrogen and oxygen atoms in total. The van der Waals surface area contributed by atoms with Gasteiger partial charge in [0, 0.05) is 18.0 Å². The number of thiol groups is 1. The third-order valence-corrected chi connectivity index (χ3v) is 2.48. The van der Waals surface area contributed by atoms with Crippen molar-refractivity contribution >= 4 is 42.7 Å². The molecule has 98 valence electrons. The van der Waals surface area contributed by atoms with Crippen LogP contribution in [-0.4, -0.2) is 32.7 Å². The summed E-state index contributed by atoms with van der Waals surface area (Å²) in [6.07, 6.45) is 2.76. The summed E-state index contributed by atoms with van der Waals surface area (Å²) >= 11 is 3.70. The number of nitrogens with two attached hydrogens (primary N) is 1. The first-order chi connectivity index (χ1) is 7.88. The summed E-state index contributed by atoms with van der Waals surface area (Å²) in [6.45, 7) is 0. The van der Waals surface area contributed by atoms with Crippen LogP contribution in [0.25, 0.3) is 0 Å². The third kappa shape index (κ3) is 3.34. The molecule has 1 heterocycles. The molecule has 5 N–H and O–H groups in total. The zero-order chi connectivity index (χ0) is 13.1. The van der Waals surface area contributed by atoms with Crippen LogP contribution in [0.1, 0.15) is 10.4 Å². The molecule has 1 rings (SSSR count). The number of carboxylic acid groups (broad SMARTS) is 1. The zero-order valence-corrected chi connectivity index (χ0v) is 10.7. The summed E-state index contributed by atoms with van der Waals surface area (Å²) in [4.78, 5) is 24.1. The van der Waals surface area contributed by atoms with Crippen molar-refractivity contribution in [1.29, 1.82) is 5.41 Å². The van der Waals surface area contributed by atoms with E-state index in [2.05, 4.69) is 22.9 Å². The van der Waals surface area contributed by atoms with Crippen molar-refractivity contribution in [3.05, 3.63) is 30.1 Å². The monoisotopic (exact) mass is 290 g/mol. The minimum absolute atomic E-state index is 0. The maximum absolute atomic E-state index is 11.7. The van der Waals surface area contributed by atoms with Crippen LogP contribution in [0, 0.1) is 5.41 Å². The van der Waals surface area contributed by atoms with E-state index in [0.29, 0.717) is 0 Å². The molecular weight excluding hydrogens is 280 g/mol. The second-order valence-electron chi connectivity index (χ2n) is 3.12. The highest BCUT2D eigenvalue weighted by Gasteiger charge is 2.40. The van der Waals surface area contributed by atoms with Crippen molar-refractivity contribution in [2.24, 2.45) is 5.73 Å². The fraction of sp³-hybridized carbons (Fsp3) is 0.111. The standard InChI is InChI=1S/C9H10N4O3S.ClH/c10-7(11)9(17,8(15)16)13-6(14)5-1-3-12-4-2-5;/h1-4,17H,(H3,10,11)(H,13,14)(H,15,16);1H. The molecule has 1 amide bonds. The van der Waals surface area contributed by atoms with Gasteiger partial charge in [0.15, 0.2) is 0 Å². The van der Waals surface area contributed by atoms with E-state index in [-0.39, 0.29) is 18.0 Å². The van der Waals surface area contributed by atoms with Gasteiger partial charge in [-0.15, -0.1) is 25.0 Å². The van der Waals surface area contributed by atoms with Crippen LogP contribution in [0.3, 0.4) is 0 Å². The van der Waals surface area contributed by atoms with Crippen LogP contribution in [0.4, 0.5) is 0 Å². The minimum atomic E-state index is -2.22. The number of pyridine rings is 1. The molecule has 0 aromatic carbocycles. The molecule has 1 unspecified atom stereocenters. The Kier molecular flexibility index (Phi) is 5.60. The van der Waals surface area contributed by atoms with Gasteiger partial charge in [-0.3, -0.25) is 15.2 Å². The zero-order valence-electron chi connectivity index (χ0n) is 8.95. The van der Waals surface area contributed by atoms with Crippen molar-refractivity contribution in [1.82, 2.24) is 10.3 Å². The molecule has 0 aliphatic rings. The number of hydrogen-bond donors (Lipinski definition) is 5. The number of carbonyl (C=O) groups is 2. The highest BCUT2D eigenvalue weighted by atomic mass is 35.5. The van der Waals surface area contributed by atoms with Crippen molar-refractivity contribution in [2.45, 2.75) is 4.87 Å². The lowest BCUT2D eigenvalue weighted by molar-refractivity contribution is -0.138. The van der Waals surface area contributed by atoms with E-state index < -0.39 is 22.6 Å². The number of rotatable bonds is 4. The molecule has 0 saturated carbocycles. The average Bonchev–Trinajstić information content (AvgIpc) is 2.29. The maximum Gasteiger partial charge on any atom is 0.347 e. The molecule has 0 saturated heterocycles. The quantitative estimate of drug-likeness (QED) is 0.228. The smallest absolute Gasteiger partial charge is 0.347 e. The lowest BCUT2D eigenvalue weighted by Gasteiger charge is -2.23. The van der Waals surface area contributed by atoms with E-state index in [4.69, 9.17) is 16.2 Å². The molecule has 18 heavy (non-hydrogen) atoms. The van der Waals surface area contributed by atoms with Gasteiger partial charge in [0.1, 0.15) is 5.84 Å². The van der Waals surface area contributed by atoms with Crippen molar-refractivity contribution < 1.29 is 14.7 Å². The molecule has 1 aromatic rings. The molecule has 0 aliphatic heterocycles. The predicted octanol–water partition coefficient (Wildman–Crippen LogP) is -0.120. The van der Waals surface area contributed by atoms with E-state index in [0.717, 1.165) is 0 Å². The molecule has 0 spiro atoms. The van der Waals surface area contributed by atoms with Gasteiger partial charge in [0.2, 0.25) is 4.87 Å². The van der Waals surface area contributed by atoms with Gasteiger partial charge in [0.05, 0.1) is 0 Å². The summed E-state index contributed by atoms with van der Waals surface area (Å²) in [5.41, 5.74) is 5.29. The number of carboxylic acids is 1. The van der Waals surface area contributed by atoms with Crippen LogP contribution in [0.15, 0.2) is 24.5 Å². The number of hydrogen-bond acceptors (Lipinski definition) is 5. The Morgan fingerprint density at radius 3 is 2.33 bits per heavy atom. The van der Waals surface area contributed by atoms with Crippen LogP contribution < -0.4 is 11.1 Å². The highest BCUT2D eigenvalue weighted by molar-refractivity contribution is 7.83. The van der Waals surface area contributed by atoms with Crippen LogP contribution in [0.2, 0.25) is 0 Å². The maximum atomic E-state index is 11.7. The van der Waals surface area contributed by atoms with E-state index >= 15 is 0 Å². The molecule has 0 bridgehead atoms. The number of nitrogens with zero attached hydrogens (tertiary/aromatic N) is 1. The van der Waals surface area contributed by atoms with Crippen LogP contribution in [0.5, 0.6) is 0 Å². The third-order valence-electron chi connectivity index (χ3n) is 1.94. The number of nitrogens with one attached hydrogen (secondary N) is 2. The highest BCUT2D eigenvalue weighted by Crippen LogP contribution is 2.12. The van der Waals surface area contributed by atoms with Crippen LogP contribution >= 0.6 is 25.0 Å². The molecule has 0 radical (unpaired) electrons.